The highest BCUT2D eigenvalue weighted by Gasteiger charge is 2.16. The largest absolute Gasteiger partial charge is 0.346 e. The summed E-state index contributed by atoms with van der Waals surface area (Å²) >= 11 is 0. The third kappa shape index (κ3) is 2.39. The Hall–Kier alpha value is -1.29. The van der Waals surface area contributed by atoms with Gasteiger partial charge in [0.1, 0.15) is 5.69 Å². The number of hydrogen-bond acceptors (Lipinski definition) is 2. The van der Waals surface area contributed by atoms with Crippen LogP contribution in [0.2, 0.25) is 0 Å². The van der Waals surface area contributed by atoms with E-state index in [2.05, 4.69) is 0 Å². The average molecular weight is 209 g/mol. The van der Waals surface area contributed by atoms with Crippen LogP contribution in [0.1, 0.15) is 29.9 Å². The van der Waals surface area contributed by atoms with Crippen molar-refractivity contribution in [2.45, 2.75) is 20.4 Å². The second-order valence-electron chi connectivity index (χ2n) is 3.53. The van der Waals surface area contributed by atoms with Gasteiger partial charge in [0.15, 0.2) is 0 Å². The van der Waals surface area contributed by atoms with Crippen LogP contribution in [0.25, 0.3) is 0 Å². The maximum absolute atomic E-state index is 12.0. The molecule has 0 radical (unpaired) electrons. The summed E-state index contributed by atoms with van der Waals surface area (Å²) < 4.78 is 1.84. The first-order valence-electron chi connectivity index (χ1n) is 5.28. The van der Waals surface area contributed by atoms with Crippen molar-refractivity contribution in [1.29, 1.82) is 0 Å². The Balaban J connectivity index is 2.94. The molecule has 0 spiro atoms. The molecule has 0 fully saturated rings. The molecule has 84 valence electrons. The fourth-order valence-corrected chi connectivity index (χ4v) is 1.63. The predicted octanol–water partition coefficient (Wildman–Crippen LogP) is 0.966. The van der Waals surface area contributed by atoms with Gasteiger partial charge in [-0.2, -0.15) is 0 Å². The van der Waals surface area contributed by atoms with Gasteiger partial charge < -0.3 is 15.2 Å². The minimum absolute atomic E-state index is 0.0715. The summed E-state index contributed by atoms with van der Waals surface area (Å²) in [6.45, 7) is 5.90. The fraction of sp³-hybridized carbons (Fsp3) is 0.545. The Labute approximate surface area is 90.7 Å². The molecule has 1 aromatic heterocycles. The van der Waals surface area contributed by atoms with Gasteiger partial charge in [0.05, 0.1) is 0 Å². The van der Waals surface area contributed by atoms with E-state index in [1.807, 2.05) is 37.7 Å². The van der Waals surface area contributed by atoms with E-state index >= 15 is 0 Å². The van der Waals surface area contributed by atoms with Crippen molar-refractivity contribution >= 4 is 5.91 Å². The lowest BCUT2D eigenvalue weighted by molar-refractivity contribution is 0.0763. The van der Waals surface area contributed by atoms with Crippen LogP contribution < -0.4 is 5.73 Å². The van der Waals surface area contributed by atoms with E-state index in [-0.39, 0.29) is 5.91 Å². The van der Waals surface area contributed by atoms with Crippen LogP contribution in [0.3, 0.4) is 0 Å². The fourth-order valence-electron chi connectivity index (χ4n) is 1.63. The third-order valence-corrected chi connectivity index (χ3v) is 2.57. The quantitative estimate of drug-likeness (QED) is 0.803. The van der Waals surface area contributed by atoms with Crippen LogP contribution in [0.5, 0.6) is 0 Å². The summed E-state index contributed by atoms with van der Waals surface area (Å²) in [7, 11) is 1.87. The molecule has 1 rings (SSSR count). The Kier molecular flexibility index (Phi) is 3.91. The summed E-state index contributed by atoms with van der Waals surface area (Å²) in [5.74, 6) is 0.0715. The molecule has 1 aromatic rings. The highest BCUT2D eigenvalue weighted by Crippen LogP contribution is 2.09. The zero-order valence-electron chi connectivity index (χ0n) is 9.66. The van der Waals surface area contributed by atoms with Crippen LogP contribution >= 0.6 is 0 Å². The van der Waals surface area contributed by atoms with Crippen LogP contribution in [0.15, 0.2) is 12.3 Å². The smallest absolute Gasteiger partial charge is 0.270 e. The Morgan fingerprint density at radius 2 is 2.07 bits per heavy atom. The Morgan fingerprint density at radius 3 is 2.47 bits per heavy atom. The normalized spacial score (nSPS) is 10.4. The molecule has 0 aliphatic rings. The predicted molar refractivity (Wildman–Crippen MR) is 60.6 cm³/mol. The van der Waals surface area contributed by atoms with Crippen molar-refractivity contribution in [3.8, 4) is 0 Å². The zero-order chi connectivity index (χ0) is 11.4. The monoisotopic (exact) mass is 209 g/mol. The standard InChI is InChI=1S/C11H19N3O/c1-4-14(5-2)11(15)10-6-9(7-12)8-13(10)3/h6,8H,4-5,7,12H2,1-3H3. The van der Waals surface area contributed by atoms with Crippen LogP contribution in [0.4, 0.5) is 0 Å². The van der Waals surface area contributed by atoms with E-state index in [4.69, 9.17) is 5.73 Å². The lowest BCUT2D eigenvalue weighted by Crippen LogP contribution is -2.31. The van der Waals surface area contributed by atoms with Crippen molar-refractivity contribution in [3.63, 3.8) is 0 Å². The molecule has 0 aliphatic heterocycles. The van der Waals surface area contributed by atoms with Crippen LogP contribution in [-0.2, 0) is 13.6 Å². The first kappa shape index (κ1) is 11.8. The van der Waals surface area contributed by atoms with Crippen molar-refractivity contribution < 1.29 is 4.79 Å². The van der Waals surface area contributed by atoms with Gasteiger partial charge in [0, 0.05) is 32.9 Å². The highest BCUT2D eigenvalue weighted by molar-refractivity contribution is 5.93. The lowest BCUT2D eigenvalue weighted by Gasteiger charge is -2.18. The highest BCUT2D eigenvalue weighted by atomic mass is 16.2. The maximum Gasteiger partial charge on any atom is 0.270 e. The number of carbonyl (C=O) groups is 1. The SMILES string of the molecule is CCN(CC)C(=O)c1cc(CN)cn1C. The molecule has 0 aromatic carbocycles. The second kappa shape index (κ2) is 4.98. The van der Waals surface area contributed by atoms with E-state index in [1.54, 1.807) is 4.90 Å². The molecule has 1 heterocycles. The van der Waals surface area contributed by atoms with Gasteiger partial charge in [0.25, 0.3) is 5.91 Å². The number of amides is 1. The summed E-state index contributed by atoms with van der Waals surface area (Å²) in [6.07, 6.45) is 1.90. The van der Waals surface area contributed by atoms with Gasteiger partial charge >= 0.3 is 0 Å². The van der Waals surface area contributed by atoms with E-state index < -0.39 is 0 Å². The molecule has 4 heteroatoms. The van der Waals surface area contributed by atoms with Crippen LogP contribution in [-0.4, -0.2) is 28.5 Å². The van der Waals surface area contributed by atoms with Gasteiger partial charge in [-0.15, -0.1) is 0 Å². The van der Waals surface area contributed by atoms with Crippen molar-refractivity contribution in [1.82, 2.24) is 9.47 Å². The first-order chi connectivity index (χ1) is 7.13. The second-order valence-corrected chi connectivity index (χ2v) is 3.53. The molecule has 1 amide bonds. The van der Waals surface area contributed by atoms with Gasteiger partial charge in [-0.05, 0) is 25.5 Å². The number of aryl methyl sites for hydroxylation is 1. The summed E-state index contributed by atoms with van der Waals surface area (Å²) in [6, 6.07) is 1.86. The Bertz CT molecular complexity index is 340. The molecular formula is C11H19N3O. The van der Waals surface area contributed by atoms with Crippen molar-refractivity contribution in [2.24, 2.45) is 12.8 Å². The molecule has 15 heavy (non-hydrogen) atoms. The third-order valence-electron chi connectivity index (χ3n) is 2.57. The molecule has 0 aliphatic carbocycles. The van der Waals surface area contributed by atoms with Crippen LogP contribution in [0, 0.1) is 0 Å². The summed E-state index contributed by atoms with van der Waals surface area (Å²) in [5, 5.41) is 0. The first-order valence-corrected chi connectivity index (χ1v) is 5.28. The number of rotatable bonds is 4. The van der Waals surface area contributed by atoms with Gasteiger partial charge in [-0.1, -0.05) is 0 Å². The molecule has 0 unspecified atom stereocenters. The zero-order valence-corrected chi connectivity index (χ0v) is 9.66. The van der Waals surface area contributed by atoms with E-state index in [0.29, 0.717) is 12.2 Å². The maximum atomic E-state index is 12.0. The molecule has 0 saturated carbocycles. The number of aromatic nitrogens is 1. The van der Waals surface area contributed by atoms with Gasteiger partial charge in [-0.3, -0.25) is 4.79 Å². The van der Waals surface area contributed by atoms with Gasteiger partial charge in [-0.25, -0.2) is 0 Å². The van der Waals surface area contributed by atoms with E-state index in [9.17, 15) is 4.79 Å². The minimum Gasteiger partial charge on any atom is -0.346 e. The lowest BCUT2D eigenvalue weighted by atomic mass is 10.3. The summed E-state index contributed by atoms with van der Waals surface area (Å²) in [5.41, 5.74) is 7.24. The van der Waals surface area contributed by atoms with Gasteiger partial charge in [0.2, 0.25) is 0 Å². The molecule has 2 N–H and O–H groups in total. The minimum atomic E-state index is 0.0715. The molecule has 4 nitrogen and oxygen atoms in total. The molecule has 0 saturated heterocycles. The molecule has 0 bridgehead atoms. The number of carbonyl (C=O) groups excluding carboxylic acids is 1. The topological polar surface area (TPSA) is 51.3 Å². The van der Waals surface area contributed by atoms with Crippen molar-refractivity contribution in [3.05, 3.63) is 23.5 Å². The Morgan fingerprint density at radius 1 is 1.47 bits per heavy atom. The van der Waals surface area contributed by atoms with Crippen molar-refractivity contribution in [2.75, 3.05) is 13.1 Å². The molecular weight excluding hydrogens is 190 g/mol. The van der Waals surface area contributed by atoms with E-state index in [0.717, 1.165) is 18.7 Å². The number of hydrogen-bond donors (Lipinski definition) is 1. The molecule has 0 atom stereocenters. The average Bonchev–Trinajstić information content (AvgIpc) is 2.61. The summed E-state index contributed by atoms with van der Waals surface area (Å²) in [4.78, 5) is 13.8. The van der Waals surface area contributed by atoms with E-state index in [1.165, 1.54) is 0 Å². The number of nitrogens with zero attached hydrogens (tertiary/aromatic N) is 2. The number of nitrogens with two attached hydrogens (primary N) is 1.